The minimum Gasteiger partial charge on any atom is -0.444 e. The normalized spacial score (nSPS) is 27.7. The number of amides is 1. The molecule has 106 valence electrons. The molecule has 0 saturated heterocycles. The standard InChI is InChI=1S/C12H22F2N2O2/c1-11(2,3)18-10(17)16-8-6-5-7-12(13,14)9(8)15-4/h8-9,15H,5-7H2,1-4H3,(H,16,17)/t8-,9-/m1/s1. The second-order valence-electron chi connectivity index (χ2n) is 5.67. The summed E-state index contributed by atoms with van der Waals surface area (Å²) in [6.45, 7) is 5.20. The van der Waals surface area contributed by atoms with Gasteiger partial charge in [0.25, 0.3) is 5.92 Å². The molecule has 0 unspecified atom stereocenters. The number of hydrogen-bond donors (Lipinski definition) is 2. The van der Waals surface area contributed by atoms with E-state index in [1.165, 1.54) is 7.05 Å². The van der Waals surface area contributed by atoms with Crippen molar-refractivity contribution in [2.75, 3.05) is 7.05 Å². The number of ether oxygens (including phenoxy) is 1. The lowest BCUT2D eigenvalue weighted by Gasteiger charge is -2.38. The van der Waals surface area contributed by atoms with Gasteiger partial charge in [-0.1, -0.05) is 0 Å². The van der Waals surface area contributed by atoms with Crippen LogP contribution >= 0.6 is 0 Å². The summed E-state index contributed by atoms with van der Waals surface area (Å²) < 4.78 is 32.4. The van der Waals surface area contributed by atoms with Crippen molar-refractivity contribution in [3.63, 3.8) is 0 Å². The molecule has 0 bridgehead atoms. The number of carbonyl (C=O) groups is 1. The number of nitrogens with one attached hydrogen (secondary N) is 2. The molecule has 1 fully saturated rings. The number of alkyl halides is 2. The SMILES string of the molecule is CN[C@@H]1[C@H](NC(=O)OC(C)(C)C)CCCC1(F)F. The van der Waals surface area contributed by atoms with Gasteiger partial charge in [-0.25, -0.2) is 13.6 Å². The molecule has 2 N–H and O–H groups in total. The average Bonchev–Trinajstić information content (AvgIpc) is 2.13. The highest BCUT2D eigenvalue weighted by Gasteiger charge is 2.46. The summed E-state index contributed by atoms with van der Waals surface area (Å²) in [7, 11) is 1.48. The number of carbonyl (C=O) groups excluding carboxylic acids is 1. The van der Waals surface area contributed by atoms with Gasteiger partial charge in [-0.15, -0.1) is 0 Å². The molecule has 2 atom stereocenters. The van der Waals surface area contributed by atoms with Crippen LogP contribution in [0.15, 0.2) is 0 Å². The Bertz CT molecular complexity index is 303. The zero-order valence-corrected chi connectivity index (χ0v) is 11.3. The van der Waals surface area contributed by atoms with Crippen molar-refractivity contribution in [2.24, 2.45) is 0 Å². The molecule has 0 aromatic heterocycles. The van der Waals surface area contributed by atoms with Crippen LogP contribution in [-0.2, 0) is 4.74 Å². The van der Waals surface area contributed by atoms with Gasteiger partial charge in [0.1, 0.15) is 5.60 Å². The Balaban J connectivity index is 2.62. The molecule has 0 heterocycles. The molecule has 0 aromatic rings. The number of hydrogen-bond acceptors (Lipinski definition) is 3. The van der Waals surface area contributed by atoms with Crippen LogP contribution in [0.3, 0.4) is 0 Å². The number of halogens is 2. The maximum Gasteiger partial charge on any atom is 0.407 e. The number of alkyl carbamates (subject to hydrolysis) is 1. The molecule has 1 saturated carbocycles. The van der Waals surface area contributed by atoms with Gasteiger partial charge in [-0.3, -0.25) is 0 Å². The van der Waals surface area contributed by atoms with Gasteiger partial charge in [0.15, 0.2) is 0 Å². The van der Waals surface area contributed by atoms with E-state index in [0.29, 0.717) is 12.8 Å². The summed E-state index contributed by atoms with van der Waals surface area (Å²) >= 11 is 0. The fourth-order valence-corrected chi connectivity index (χ4v) is 2.20. The Morgan fingerprint density at radius 2 is 2.00 bits per heavy atom. The predicted octanol–water partition coefficient (Wildman–Crippen LogP) is 2.29. The molecule has 0 aliphatic heterocycles. The Hall–Kier alpha value is -0.910. The molecular formula is C12H22F2N2O2. The topological polar surface area (TPSA) is 50.4 Å². The van der Waals surface area contributed by atoms with Gasteiger partial charge < -0.3 is 15.4 Å². The van der Waals surface area contributed by atoms with Crippen LogP contribution in [0.5, 0.6) is 0 Å². The first-order chi connectivity index (χ1) is 8.15. The van der Waals surface area contributed by atoms with Crippen LogP contribution in [0.2, 0.25) is 0 Å². The third kappa shape index (κ3) is 4.08. The van der Waals surface area contributed by atoms with Crippen LogP contribution in [0.1, 0.15) is 40.0 Å². The van der Waals surface area contributed by atoms with Gasteiger partial charge in [-0.2, -0.15) is 0 Å². The van der Waals surface area contributed by atoms with Gasteiger partial charge in [0.05, 0.1) is 12.1 Å². The fraction of sp³-hybridized carbons (Fsp3) is 0.917. The molecular weight excluding hydrogens is 242 g/mol. The van der Waals surface area contributed by atoms with Gasteiger partial charge in [0.2, 0.25) is 0 Å². The second-order valence-corrected chi connectivity index (χ2v) is 5.67. The molecule has 1 amide bonds. The average molecular weight is 264 g/mol. The molecule has 6 heteroatoms. The summed E-state index contributed by atoms with van der Waals surface area (Å²) in [5, 5.41) is 5.12. The maximum atomic E-state index is 13.7. The van der Waals surface area contributed by atoms with Crippen LogP contribution in [-0.4, -0.2) is 36.7 Å². The molecule has 1 aliphatic carbocycles. The Labute approximate surface area is 106 Å². The lowest BCUT2D eigenvalue weighted by atomic mass is 9.87. The van der Waals surface area contributed by atoms with Gasteiger partial charge in [0, 0.05) is 6.42 Å². The minimum absolute atomic E-state index is 0.148. The van der Waals surface area contributed by atoms with E-state index in [4.69, 9.17) is 4.74 Å². The molecule has 18 heavy (non-hydrogen) atoms. The molecule has 0 radical (unpaired) electrons. The van der Waals surface area contributed by atoms with Crippen LogP contribution in [0.4, 0.5) is 13.6 Å². The first-order valence-corrected chi connectivity index (χ1v) is 6.20. The van der Waals surface area contributed by atoms with Crippen molar-refractivity contribution >= 4 is 6.09 Å². The summed E-state index contributed by atoms with van der Waals surface area (Å²) in [5.41, 5.74) is -0.629. The highest BCUT2D eigenvalue weighted by atomic mass is 19.3. The van der Waals surface area contributed by atoms with E-state index >= 15 is 0 Å². The molecule has 1 rings (SSSR count). The van der Waals surface area contributed by atoms with E-state index in [1.807, 2.05) is 0 Å². The minimum atomic E-state index is -2.80. The Morgan fingerprint density at radius 1 is 1.39 bits per heavy atom. The fourth-order valence-electron chi connectivity index (χ4n) is 2.20. The quantitative estimate of drug-likeness (QED) is 0.804. The Kier molecular flexibility index (Phi) is 4.53. The van der Waals surface area contributed by atoms with Crippen molar-refractivity contribution in [3.8, 4) is 0 Å². The van der Waals surface area contributed by atoms with E-state index in [1.54, 1.807) is 20.8 Å². The molecule has 0 spiro atoms. The summed E-state index contributed by atoms with van der Waals surface area (Å²) in [5.74, 6) is -2.80. The Morgan fingerprint density at radius 3 is 2.50 bits per heavy atom. The lowest BCUT2D eigenvalue weighted by molar-refractivity contribution is -0.0729. The largest absolute Gasteiger partial charge is 0.444 e. The first-order valence-electron chi connectivity index (χ1n) is 6.20. The third-order valence-electron chi connectivity index (χ3n) is 2.90. The smallest absolute Gasteiger partial charge is 0.407 e. The van der Waals surface area contributed by atoms with Crippen molar-refractivity contribution in [1.82, 2.24) is 10.6 Å². The molecule has 1 aliphatic rings. The van der Waals surface area contributed by atoms with Crippen LogP contribution in [0.25, 0.3) is 0 Å². The third-order valence-corrected chi connectivity index (χ3v) is 2.90. The van der Waals surface area contributed by atoms with E-state index < -0.39 is 29.7 Å². The number of likely N-dealkylation sites (N-methyl/N-ethyl adjacent to an activating group) is 1. The zero-order chi connectivity index (χ0) is 14.0. The second kappa shape index (κ2) is 5.38. The van der Waals surface area contributed by atoms with E-state index in [2.05, 4.69) is 10.6 Å². The van der Waals surface area contributed by atoms with Crippen molar-refractivity contribution in [2.45, 2.75) is 63.6 Å². The van der Waals surface area contributed by atoms with E-state index in [-0.39, 0.29) is 6.42 Å². The first kappa shape index (κ1) is 15.1. The highest BCUT2D eigenvalue weighted by molar-refractivity contribution is 5.68. The predicted molar refractivity (Wildman–Crippen MR) is 64.8 cm³/mol. The van der Waals surface area contributed by atoms with Crippen molar-refractivity contribution < 1.29 is 18.3 Å². The van der Waals surface area contributed by atoms with E-state index in [0.717, 1.165) is 0 Å². The molecule has 4 nitrogen and oxygen atoms in total. The highest BCUT2D eigenvalue weighted by Crippen LogP contribution is 2.33. The lowest BCUT2D eigenvalue weighted by Crippen LogP contribution is -2.60. The van der Waals surface area contributed by atoms with Crippen molar-refractivity contribution in [1.29, 1.82) is 0 Å². The summed E-state index contributed by atoms with van der Waals surface area (Å²) in [4.78, 5) is 11.6. The van der Waals surface area contributed by atoms with Gasteiger partial charge in [-0.05, 0) is 40.7 Å². The monoisotopic (exact) mass is 264 g/mol. The summed E-state index contributed by atoms with van der Waals surface area (Å²) in [6, 6.07) is -1.65. The maximum absolute atomic E-state index is 13.7. The van der Waals surface area contributed by atoms with E-state index in [9.17, 15) is 13.6 Å². The van der Waals surface area contributed by atoms with Crippen LogP contribution < -0.4 is 10.6 Å². The van der Waals surface area contributed by atoms with Crippen molar-refractivity contribution in [3.05, 3.63) is 0 Å². The number of rotatable bonds is 2. The molecule has 0 aromatic carbocycles. The van der Waals surface area contributed by atoms with Crippen LogP contribution in [0, 0.1) is 0 Å². The summed E-state index contributed by atoms with van der Waals surface area (Å²) in [6.07, 6.45) is 0.127. The zero-order valence-electron chi connectivity index (χ0n) is 11.3. The van der Waals surface area contributed by atoms with Gasteiger partial charge >= 0.3 is 6.09 Å².